The van der Waals surface area contributed by atoms with Gasteiger partial charge in [0.05, 0.1) is 11.7 Å². The Hall–Kier alpha value is -1.15. The number of likely N-dealkylation sites (tertiary alicyclic amines) is 1. The zero-order chi connectivity index (χ0) is 15.4. The molecule has 1 aliphatic heterocycles. The van der Waals surface area contributed by atoms with Crippen LogP contribution in [0.3, 0.4) is 0 Å². The third-order valence-electron chi connectivity index (χ3n) is 3.59. The molecule has 0 aromatic heterocycles. The lowest BCUT2D eigenvalue weighted by Gasteiger charge is -2.32. The maximum absolute atomic E-state index is 12.5. The Kier molecular flexibility index (Phi) is 5.58. The molecule has 1 amide bonds. The number of amides is 1. The van der Waals surface area contributed by atoms with E-state index < -0.39 is 5.97 Å². The Labute approximate surface area is 137 Å². The summed E-state index contributed by atoms with van der Waals surface area (Å²) in [5.41, 5.74) is 1.83. The summed E-state index contributed by atoms with van der Waals surface area (Å²) in [4.78, 5) is 24.8. The topological polar surface area (TPSA) is 66.8 Å². The molecule has 1 N–H and O–H groups in total. The second-order valence-electron chi connectivity index (χ2n) is 5.13. The number of hydrogen-bond donors (Lipinski definition) is 1. The number of piperidine rings is 1. The van der Waals surface area contributed by atoms with E-state index in [1.54, 1.807) is 0 Å². The van der Waals surface area contributed by atoms with Crippen LogP contribution in [0.25, 0.3) is 0 Å². The van der Waals surface area contributed by atoms with Gasteiger partial charge in [0.2, 0.25) is 0 Å². The number of nitrogens with zero attached hydrogens (tertiary/aromatic N) is 1. The number of carbonyl (C=O) groups is 2. The summed E-state index contributed by atoms with van der Waals surface area (Å²) in [6.45, 7) is 2.93. The number of aliphatic carboxylic acids is 1. The molecule has 114 valence electrons. The first-order valence-electron chi connectivity index (χ1n) is 6.87. The predicted octanol–water partition coefficient (Wildman–Crippen LogP) is 2.31. The number of carboxylic acids is 1. The van der Waals surface area contributed by atoms with Gasteiger partial charge in [0, 0.05) is 16.7 Å². The van der Waals surface area contributed by atoms with E-state index in [-0.39, 0.29) is 18.6 Å². The van der Waals surface area contributed by atoms with Gasteiger partial charge in [0.1, 0.15) is 6.61 Å². The normalized spacial score (nSPS) is 16.0. The van der Waals surface area contributed by atoms with Crippen LogP contribution in [0.15, 0.2) is 18.2 Å². The lowest BCUT2D eigenvalue weighted by atomic mass is 10.1. The second kappa shape index (κ2) is 7.22. The molecule has 0 atom stereocenters. The molecule has 0 saturated carbocycles. The number of rotatable bonds is 4. The number of ether oxygens (including phenoxy) is 1. The molecular formula is C15H18INO4. The Morgan fingerprint density at radius 2 is 2.05 bits per heavy atom. The smallest absolute Gasteiger partial charge is 0.329 e. The number of hydrogen-bond acceptors (Lipinski definition) is 3. The molecule has 21 heavy (non-hydrogen) atoms. The SMILES string of the molecule is Cc1cccc(C(=O)N2CCC(OCC(=O)O)CC2)c1I. The van der Waals surface area contributed by atoms with E-state index >= 15 is 0 Å². The van der Waals surface area contributed by atoms with Crippen LogP contribution in [0.2, 0.25) is 0 Å². The lowest BCUT2D eigenvalue weighted by molar-refractivity contribution is -0.145. The number of aryl methyl sites for hydroxylation is 1. The third-order valence-corrected chi connectivity index (χ3v) is 5.03. The molecule has 1 fully saturated rings. The van der Waals surface area contributed by atoms with E-state index in [1.165, 1.54) is 0 Å². The molecule has 0 radical (unpaired) electrons. The van der Waals surface area contributed by atoms with Gasteiger partial charge in [-0.15, -0.1) is 0 Å². The summed E-state index contributed by atoms with van der Waals surface area (Å²) in [6, 6.07) is 5.74. The largest absolute Gasteiger partial charge is 0.480 e. The van der Waals surface area contributed by atoms with Crippen molar-refractivity contribution < 1.29 is 19.4 Å². The predicted molar refractivity (Wildman–Crippen MR) is 86.4 cm³/mol. The van der Waals surface area contributed by atoms with Gasteiger partial charge in [-0.1, -0.05) is 12.1 Å². The fourth-order valence-corrected chi connectivity index (χ4v) is 2.99. The number of carbonyl (C=O) groups excluding carboxylic acids is 1. The minimum atomic E-state index is -0.956. The van der Waals surface area contributed by atoms with E-state index in [2.05, 4.69) is 22.6 Å². The molecule has 1 aromatic carbocycles. The van der Waals surface area contributed by atoms with Crippen molar-refractivity contribution in [2.45, 2.75) is 25.9 Å². The fraction of sp³-hybridized carbons (Fsp3) is 0.467. The summed E-state index contributed by atoms with van der Waals surface area (Å²) >= 11 is 2.20. The quantitative estimate of drug-likeness (QED) is 0.784. The van der Waals surface area contributed by atoms with E-state index in [4.69, 9.17) is 9.84 Å². The Bertz CT molecular complexity index is 538. The number of benzene rings is 1. The highest BCUT2D eigenvalue weighted by atomic mass is 127. The van der Waals surface area contributed by atoms with Gasteiger partial charge in [-0.25, -0.2) is 4.79 Å². The van der Waals surface area contributed by atoms with Gasteiger partial charge in [-0.3, -0.25) is 4.79 Å². The highest BCUT2D eigenvalue weighted by molar-refractivity contribution is 14.1. The average molecular weight is 403 g/mol. The van der Waals surface area contributed by atoms with E-state index in [1.807, 2.05) is 30.0 Å². The summed E-state index contributed by atoms with van der Waals surface area (Å²) < 4.78 is 6.27. The Morgan fingerprint density at radius 1 is 1.38 bits per heavy atom. The van der Waals surface area contributed by atoms with Crippen molar-refractivity contribution in [1.82, 2.24) is 4.90 Å². The van der Waals surface area contributed by atoms with Gasteiger partial charge in [-0.2, -0.15) is 0 Å². The third kappa shape index (κ3) is 4.16. The van der Waals surface area contributed by atoms with E-state index in [0.29, 0.717) is 25.9 Å². The minimum absolute atomic E-state index is 0.0415. The zero-order valence-electron chi connectivity index (χ0n) is 11.8. The van der Waals surface area contributed by atoms with Crippen molar-refractivity contribution in [2.75, 3.05) is 19.7 Å². The van der Waals surface area contributed by atoms with Gasteiger partial charge in [0.15, 0.2) is 0 Å². The van der Waals surface area contributed by atoms with Crippen LogP contribution in [0, 0.1) is 10.5 Å². The van der Waals surface area contributed by atoms with Gasteiger partial charge >= 0.3 is 5.97 Å². The molecule has 2 rings (SSSR count). The van der Waals surface area contributed by atoms with Gasteiger partial charge in [0.25, 0.3) is 5.91 Å². The fourth-order valence-electron chi connectivity index (χ4n) is 2.40. The molecule has 1 heterocycles. The summed E-state index contributed by atoms with van der Waals surface area (Å²) in [6.07, 6.45) is 1.30. The van der Waals surface area contributed by atoms with Crippen LogP contribution in [0.5, 0.6) is 0 Å². The van der Waals surface area contributed by atoms with Crippen LogP contribution in [0.1, 0.15) is 28.8 Å². The van der Waals surface area contributed by atoms with Crippen molar-refractivity contribution in [1.29, 1.82) is 0 Å². The number of halogens is 1. The van der Waals surface area contributed by atoms with Crippen molar-refractivity contribution in [3.05, 3.63) is 32.9 Å². The van der Waals surface area contributed by atoms with E-state index in [0.717, 1.165) is 14.7 Å². The van der Waals surface area contributed by atoms with Gasteiger partial charge in [-0.05, 0) is 54.0 Å². The molecule has 0 bridgehead atoms. The van der Waals surface area contributed by atoms with Crippen LogP contribution < -0.4 is 0 Å². The molecule has 6 heteroatoms. The Morgan fingerprint density at radius 3 is 2.67 bits per heavy atom. The second-order valence-corrected chi connectivity index (χ2v) is 6.21. The molecule has 1 aliphatic rings. The summed E-state index contributed by atoms with van der Waals surface area (Å²) in [5.74, 6) is -0.914. The van der Waals surface area contributed by atoms with Crippen molar-refractivity contribution in [3.63, 3.8) is 0 Å². The first-order chi connectivity index (χ1) is 9.99. The molecule has 0 aliphatic carbocycles. The molecule has 1 aromatic rings. The highest BCUT2D eigenvalue weighted by Gasteiger charge is 2.25. The van der Waals surface area contributed by atoms with Gasteiger partial charge < -0.3 is 14.7 Å². The van der Waals surface area contributed by atoms with Crippen LogP contribution >= 0.6 is 22.6 Å². The number of carboxylic acid groups (broad SMARTS) is 1. The minimum Gasteiger partial charge on any atom is -0.480 e. The molecule has 1 saturated heterocycles. The van der Waals surface area contributed by atoms with Crippen LogP contribution in [0.4, 0.5) is 0 Å². The van der Waals surface area contributed by atoms with Crippen LogP contribution in [-0.2, 0) is 9.53 Å². The highest BCUT2D eigenvalue weighted by Crippen LogP contribution is 2.21. The molecule has 0 unspecified atom stereocenters. The Balaban J connectivity index is 1.94. The zero-order valence-corrected chi connectivity index (χ0v) is 14.0. The summed E-state index contributed by atoms with van der Waals surface area (Å²) in [5, 5.41) is 8.60. The maximum Gasteiger partial charge on any atom is 0.329 e. The van der Waals surface area contributed by atoms with Crippen molar-refractivity contribution in [3.8, 4) is 0 Å². The first kappa shape index (κ1) is 16.2. The average Bonchev–Trinajstić information content (AvgIpc) is 2.48. The van der Waals surface area contributed by atoms with Crippen molar-refractivity contribution >= 4 is 34.5 Å². The first-order valence-corrected chi connectivity index (χ1v) is 7.94. The monoisotopic (exact) mass is 403 g/mol. The molecule has 0 spiro atoms. The lowest BCUT2D eigenvalue weighted by Crippen LogP contribution is -2.41. The van der Waals surface area contributed by atoms with Crippen LogP contribution in [-0.4, -0.2) is 47.7 Å². The molecule has 5 nitrogen and oxygen atoms in total. The van der Waals surface area contributed by atoms with Crippen molar-refractivity contribution in [2.24, 2.45) is 0 Å². The maximum atomic E-state index is 12.5. The molecular weight excluding hydrogens is 385 g/mol. The standard InChI is InChI=1S/C15H18INO4/c1-10-3-2-4-12(14(10)16)15(20)17-7-5-11(6-8-17)21-9-13(18)19/h2-4,11H,5-9H2,1H3,(H,18,19). The van der Waals surface area contributed by atoms with E-state index in [9.17, 15) is 9.59 Å². The summed E-state index contributed by atoms with van der Waals surface area (Å²) in [7, 11) is 0.